The third-order valence-electron chi connectivity index (χ3n) is 6.96. The minimum absolute atomic E-state index is 0.116. The second-order valence-electron chi connectivity index (χ2n) is 9.91. The molecule has 0 unspecified atom stereocenters. The maximum atomic E-state index is 12.9. The molecule has 0 radical (unpaired) electrons. The van der Waals surface area contributed by atoms with Crippen molar-refractivity contribution in [2.75, 3.05) is 42.4 Å². The van der Waals surface area contributed by atoms with Crippen LogP contribution in [0.5, 0.6) is 17.2 Å². The third-order valence-corrected chi connectivity index (χ3v) is 6.96. The van der Waals surface area contributed by atoms with Crippen LogP contribution in [0.15, 0.2) is 48.7 Å². The van der Waals surface area contributed by atoms with Gasteiger partial charge in [0.1, 0.15) is 22.9 Å². The molecule has 0 atom stereocenters. The Kier molecular flexibility index (Phi) is 9.69. The number of hydrogen-bond donors (Lipinski definition) is 5. The minimum atomic E-state index is -0.516. The number of hydrazine groups is 1. The van der Waals surface area contributed by atoms with E-state index in [1.165, 1.54) is 19.3 Å². The number of pyridine rings is 1. The van der Waals surface area contributed by atoms with Crippen molar-refractivity contribution in [3.63, 3.8) is 0 Å². The van der Waals surface area contributed by atoms with Crippen LogP contribution >= 0.6 is 0 Å². The second-order valence-corrected chi connectivity index (χ2v) is 9.91. The number of ether oxygens (including phenoxy) is 2. The van der Waals surface area contributed by atoms with Crippen LogP contribution in [0.1, 0.15) is 41.4 Å². The molecule has 222 valence electrons. The highest BCUT2D eigenvalue weighted by molar-refractivity contribution is 5.94. The molecule has 12 nitrogen and oxygen atoms in total. The van der Waals surface area contributed by atoms with Gasteiger partial charge in [0.15, 0.2) is 0 Å². The lowest BCUT2D eigenvalue weighted by Gasteiger charge is -2.34. The lowest BCUT2D eigenvalue weighted by atomic mass is 9.96. The number of amides is 3. The third kappa shape index (κ3) is 7.39. The van der Waals surface area contributed by atoms with E-state index in [4.69, 9.17) is 9.47 Å². The van der Waals surface area contributed by atoms with Crippen molar-refractivity contribution >= 4 is 35.0 Å². The predicted octanol–water partition coefficient (Wildman–Crippen LogP) is 4.48. The molecular weight excluding hydrogens is 540 g/mol. The summed E-state index contributed by atoms with van der Waals surface area (Å²) in [6.07, 6.45) is 2.72. The van der Waals surface area contributed by atoms with Crippen molar-refractivity contribution < 1.29 is 29.0 Å². The number of esters is 1. The van der Waals surface area contributed by atoms with Crippen LogP contribution in [-0.2, 0) is 9.53 Å². The molecule has 5 N–H and O–H groups in total. The molecular formula is C30H36N6O6. The van der Waals surface area contributed by atoms with Crippen molar-refractivity contribution in [3.8, 4) is 17.2 Å². The molecule has 0 saturated carbocycles. The van der Waals surface area contributed by atoms with E-state index in [1.54, 1.807) is 44.2 Å². The molecule has 0 spiro atoms. The van der Waals surface area contributed by atoms with Crippen molar-refractivity contribution in [2.24, 2.45) is 5.92 Å². The number of aromatic nitrogens is 1. The number of hydrogen-bond acceptors (Lipinski definition) is 9. The van der Waals surface area contributed by atoms with Gasteiger partial charge in [-0.05, 0) is 62.9 Å². The van der Waals surface area contributed by atoms with Crippen LogP contribution in [0.25, 0.3) is 0 Å². The number of aromatic hydroxyl groups is 1. The van der Waals surface area contributed by atoms with Gasteiger partial charge in [-0.3, -0.25) is 25.4 Å². The quantitative estimate of drug-likeness (QED) is 0.141. The molecule has 1 saturated heterocycles. The Morgan fingerprint density at radius 3 is 2.45 bits per heavy atom. The molecule has 1 aliphatic heterocycles. The molecule has 0 bridgehead atoms. The molecule has 0 aliphatic carbocycles. The highest BCUT2D eigenvalue weighted by Gasteiger charge is 2.27. The fourth-order valence-corrected chi connectivity index (χ4v) is 4.60. The Morgan fingerprint density at radius 1 is 1.00 bits per heavy atom. The molecule has 3 amide bonds. The SMILES string of the molecule is CCOC(=O)C1CCN(c2cc(O)c(C)cc2NC(=O)NNc2cc(Oc3ccnc(C(=O)NC)c3)ccc2C)CC1. The van der Waals surface area contributed by atoms with Crippen molar-refractivity contribution in [1.29, 1.82) is 0 Å². The molecule has 4 rings (SSSR count). The topological polar surface area (TPSA) is 154 Å². The number of nitrogens with one attached hydrogen (secondary N) is 4. The van der Waals surface area contributed by atoms with E-state index in [-0.39, 0.29) is 29.2 Å². The van der Waals surface area contributed by atoms with Crippen LogP contribution in [0.4, 0.5) is 21.9 Å². The van der Waals surface area contributed by atoms with E-state index in [9.17, 15) is 19.5 Å². The lowest BCUT2D eigenvalue weighted by molar-refractivity contribution is -0.148. The highest BCUT2D eigenvalue weighted by atomic mass is 16.5. The first-order valence-corrected chi connectivity index (χ1v) is 13.7. The van der Waals surface area contributed by atoms with E-state index in [0.29, 0.717) is 66.7 Å². The number of benzene rings is 2. The first-order valence-electron chi connectivity index (χ1n) is 13.7. The van der Waals surface area contributed by atoms with Gasteiger partial charge < -0.3 is 30.1 Å². The van der Waals surface area contributed by atoms with E-state index < -0.39 is 6.03 Å². The monoisotopic (exact) mass is 576 g/mol. The van der Waals surface area contributed by atoms with E-state index in [1.807, 2.05) is 17.9 Å². The summed E-state index contributed by atoms with van der Waals surface area (Å²) in [5.41, 5.74) is 9.06. The molecule has 1 fully saturated rings. The van der Waals surface area contributed by atoms with Gasteiger partial charge in [0.05, 0.1) is 29.6 Å². The second kappa shape index (κ2) is 13.6. The van der Waals surface area contributed by atoms with E-state index in [2.05, 4.69) is 26.5 Å². The van der Waals surface area contributed by atoms with Gasteiger partial charge in [0.25, 0.3) is 5.91 Å². The minimum Gasteiger partial charge on any atom is -0.508 e. The van der Waals surface area contributed by atoms with E-state index in [0.717, 1.165) is 5.56 Å². The number of carbonyl (C=O) groups excluding carboxylic acids is 3. The number of phenolic OH excluding ortho intramolecular Hbond substituents is 1. The number of phenols is 1. The summed E-state index contributed by atoms with van der Waals surface area (Å²) in [6, 6.07) is 11.3. The van der Waals surface area contributed by atoms with Crippen LogP contribution in [-0.4, -0.2) is 54.7 Å². The zero-order chi connectivity index (χ0) is 30.2. The molecule has 1 aromatic heterocycles. The van der Waals surface area contributed by atoms with E-state index >= 15 is 0 Å². The van der Waals surface area contributed by atoms with Crippen molar-refractivity contribution in [3.05, 3.63) is 65.5 Å². The number of nitrogens with zero attached hydrogens (tertiary/aromatic N) is 2. The molecule has 12 heteroatoms. The van der Waals surface area contributed by atoms with Gasteiger partial charge >= 0.3 is 12.0 Å². The maximum Gasteiger partial charge on any atom is 0.337 e. The fraction of sp³-hybridized carbons (Fsp3) is 0.333. The summed E-state index contributed by atoms with van der Waals surface area (Å²) in [7, 11) is 1.53. The molecule has 2 heterocycles. The maximum absolute atomic E-state index is 12.9. The van der Waals surface area contributed by atoms with Gasteiger partial charge in [-0.1, -0.05) is 6.07 Å². The summed E-state index contributed by atoms with van der Waals surface area (Å²) in [5, 5.41) is 15.8. The first-order chi connectivity index (χ1) is 20.2. The lowest BCUT2D eigenvalue weighted by Crippen LogP contribution is -2.38. The Morgan fingerprint density at radius 2 is 1.74 bits per heavy atom. The largest absolute Gasteiger partial charge is 0.508 e. The summed E-state index contributed by atoms with van der Waals surface area (Å²) in [6.45, 7) is 6.93. The Hall–Kier alpha value is -5.00. The molecule has 2 aromatic carbocycles. The molecule has 3 aromatic rings. The standard InChI is InChI=1S/C30H36N6O6/c1-5-41-29(39)20-9-12-36(13-10-20)26-17-27(37)19(3)14-24(26)33-30(40)35-34-23-15-21(7-6-18(23)2)42-22-8-11-32-25(16-22)28(38)31-4/h6-8,11,14-17,20,34,37H,5,9-10,12-13H2,1-4H3,(H,31,38)(H2,33,35,40). The van der Waals surface area contributed by atoms with Gasteiger partial charge in [-0.2, -0.15) is 0 Å². The van der Waals surface area contributed by atoms with Crippen LogP contribution in [0.3, 0.4) is 0 Å². The smallest absolute Gasteiger partial charge is 0.337 e. The Balaban J connectivity index is 1.41. The van der Waals surface area contributed by atoms with Crippen LogP contribution < -0.4 is 31.1 Å². The Bertz CT molecular complexity index is 1450. The highest BCUT2D eigenvalue weighted by Crippen LogP contribution is 2.35. The zero-order valence-electron chi connectivity index (χ0n) is 24.1. The number of aryl methyl sites for hydroxylation is 2. The van der Waals surface area contributed by atoms with Crippen molar-refractivity contribution in [1.82, 2.24) is 15.7 Å². The van der Waals surface area contributed by atoms with Gasteiger partial charge in [0, 0.05) is 44.5 Å². The summed E-state index contributed by atoms with van der Waals surface area (Å²) >= 11 is 0. The normalized spacial score (nSPS) is 13.2. The summed E-state index contributed by atoms with van der Waals surface area (Å²) < 4.78 is 11.1. The fourth-order valence-electron chi connectivity index (χ4n) is 4.60. The number of piperidine rings is 1. The van der Waals surface area contributed by atoms with Crippen LogP contribution in [0, 0.1) is 19.8 Å². The predicted molar refractivity (Wildman–Crippen MR) is 159 cm³/mol. The number of urea groups is 1. The number of carbonyl (C=O) groups is 3. The summed E-state index contributed by atoms with van der Waals surface area (Å²) in [4.78, 5) is 43.1. The Labute approximate surface area is 244 Å². The number of anilines is 3. The van der Waals surface area contributed by atoms with Gasteiger partial charge in [0.2, 0.25) is 0 Å². The summed E-state index contributed by atoms with van der Waals surface area (Å²) in [5.74, 6) is 0.365. The van der Waals surface area contributed by atoms with Crippen LogP contribution in [0.2, 0.25) is 0 Å². The molecule has 42 heavy (non-hydrogen) atoms. The average molecular weight is 577 g/mol. The zero-order valence-corrected chi connectivity index (χ0v) is 24.1. The van der Waals surface area contributed by atoms with Gasteiger partial charge in [-0.15, -0.1) is 0 Å². The van der Waals surface area contributed by atoms with Crippen molar-refractivity contribution in [2.45, 2.75) is 33.6 Å². The van der Waals surface area contributed by atoms with Gasteiger partial charge in [-0.25, -0.2) is 4.79 Å². The molecule has 1 aliphatic rings. The average Bonchev–Trinajstić information content (AvgIpc) is 2.99. The number of rotatable bonds is 9. The first kappa shape index (κ1) is 30.0.